The standard InChI is InChI=1S/C12H26O2.C8H4O3.C4H10O2/c1-2-3-4-5-6-7-8-9-10-11-12(13)14;9-7-5-3-1-2-4-6(5)8(10)11-7;1-2-3-4(5)6/h12-14H,2-11H2,1H3;1-4H;4-6H,2-3H2,1H3. The monoisotopic (exact) mass is 440 g/mol. The number of aliphatic hydroxyl groups is 4. The Bertz CT molecular complexity index is 566. The van der Waals surface area contributed by atoms with Crippen molar-refractivity contribution in [1.82, 2.24) is 0 Å². The minimum absolute atomic E-state index is 0.359. The van der Waals surface area contributed by atoms with E-state index in [-0.39, 0.29) is 0 Å². The van der Waals surface area contributed by atoms with Crippen LogP contribution in [0.3, 0.4) is 0 Å². The molecule has 0 spiro atoms. The van der Waals surface area contributed by atoms with Gasteiger partial charge in [0, 0.05) is 0 Å². The van der Waals surface area contributed by atoms with Gasteiger partial charge >= 0.3 is 11.9 Å². The Morgan fingerprint density at radius 2 is 1.06 bits per heavy atom. The van der Waals surface area contributed by atoms with Gasteiger partial charge in [0.2, 0.25) is 0 Å². The molecule has 0 bridgehead atoms. The molecule has 31 heavy (non-hydrogen) atoms. The number of fused-ring (bicyclic) bond motifs is 1. The van der Waals surface area contributed by atoms with Crippen LogP contribution in [0, 0.1) is 0 Å². The summed E-state index contributed by atoms with van der Waals surface area (Å²) in [5, 5.41) is 33.4. The van der Waals surface area contributed by atoms with Crippen LogP contribution in [0.4, 0.5) is 0 Å². The maximum Gasteiger partial charge on any atom is 0.346 e. The second kappa shape index (κ2) is 18.9. The average molecular weight is 441 g/mol. The molecular formula is C24H40O7. The molecule has 1 aliphatic rings. The van der Waals surface area contributed by atoms with Gasteiger partial charge in [0.05, 0.1) is 11.1 Å². The third-order valence-electron chi connectivity index (χ3n) is 4.67. The molecule has 0 unspecified atom stereocenters. The molecule has 0 aliphatic carbocycles. The zero-order valence-electron chi connectivity index (χ0n) is 19.0. The summed E-state index contributed by atoms with van der Waals surface area (Å²) in [5.41, 5.74) is 0.718. The summed E-state index contributed by atoms with van der Waals surface area (Å²) in [6, 6.07) is 6.53. The van der Waals surface area contributed by atoms with Gasteiger partial charge in [-0.15, -0.1) is 0 Å². The van der Waals surface area contributed by atoms with Gasteiger partial charge in [-0.2, -0.15) is 0 Å². The fourth-order valence-corrected chi connectivity index (χ4v) is 2.93. The van der Waals surface area contributed by atoms with Crippen molar-refractivity contribution in [2.45, 2.75) is 103 Å². The minimum atomic E-state index is -1.10. The Morgan fingerprint density at radius 1 is 0.645 bits per heavy atom. The quantitative estimate of drug-likeness (QED) is 0.165. The molecule has 2 rings (SSSR count). The van der Waals surface area contributed by atoms with Crippen molar-refractivity contribution in [3.63, 3.8) is 0 Å². The van der Waals surface area contributed by atoms with Gasteiger partial charge in [-0.3, -0.25) is 0 Å². The number of hydrogen-bond donors (Lipinski definition) is 4. The van der Waals surface area contributed by atoms with E-state index >= 15 is 0 Å². The van der Waals surface area contributed by atoms with Gasteiger partial charge in [0.15, 0.2) is 12.6 Å². The second-order valence-electron chi connectivity index (χ2n) is 7.59. The van der Waals surface area contributed by atoms with Crippen LogP contribution in [0.2, 0.25) is 0 Å². The molecule has 1 aromatic rings. The lowest BCUT2D eigenvalue weighted by Gasteiger charge is -2.03. The second-order valence-corrected chi connectivity index (χ2v) is 7.59. The number of benzene rings is 1. The summed E-state index contributed by atoms with van der Waals surface area (Å²) in [7, 11) is 0. The maximum atomic E-state index is 10.8. The Labute approximate surface area is 186 Å². The number of unbranched alkanes of at least 4 members (excludes halogenated alkanes) is 8. The number of ether oxygens (including phenoxy) is 1. The van der Waals surface area contributed by atoms with Crippen molar-refractivity contribution in [3.05, 3.63) is 35.4 Å². The van der Waals surface area contributed by atoms with Gasteiger partial charge in [0.25, 0.3) is 0 Å². The summed E-state index contributed by atoms with van der Waals surface area (Å²) in [6.07, 6.45) is 11.1. The SMILES string of the molecule is CCCC(O)O.CCCCCCCCCCCC(O)O.O=C1OC(=O)c2ccccc21. The Hall–Kier alpha value is -1.80. The van der Waals surface area contributed by atoms with Crippen LogP contribution in [0.25, 0.3) is 0 Å². The summed E-state index contributed by atoms with van der Waals surface area (Å²) in [6.45, 7) is 4.14. The molecule has 0 radical (unpaired) electrons. The highest BCUT2D eigenvalue weighted by Gasteiger charge is 2.28. The molecule has 0 saturated carbocycles. The Balaban J connectivity index is 0.000000469. The lowest BCUT2D eigenvalue weighted by Crippen LogP contribution is -2.02. The van der Waals surface area contributed by atoms with Crippen LogP contribution in [-0.2, 0) is 4.74 Å². The molecule has 0 fully saturated rings. The van der Waals surface area contributed by atoms with Gasteiger partial charge in [-0.25, -0.2) is 9.59 Å². The summed E-state index contributed by atoms with van der Waals surface area (Å²) in [5.74, 6) is -1.10. The molecular weight excluding hydrogens is 400 g/mol. The Morgan fingerprint density at radius 3 is 1.42 bits per heavy atom. The topological polar surface area (TPSA) is 124 Å². The van der Waals surface area contributed by atoms with Crippen LogP contribution in [0.5, 0.6) is 0 Å². The van der Waals surface area contributed by atoms with Crippen molar-refractivity contribution in [3.8, 4) is 0 Å². The molecule has 1 aromatic carbocycles. The molecule has 4 N–H and O–H groups in total. The summed E-state index contributed by atoms with van der Waals surface area (Å²) < 4.78 is 4.35. The van der Waals surface area contributed by atoms with E-state index < -0.39 is 24.5 Å². The van der Waals surface area contributed by atoms with Crippen LogP contribution >= 0.6 is 0 Å². The average Bonchev–Trinajstić information content (AvgIpc) is 3.01. The first-order chi connectivity index (χ1) is 14.8. The van der Waals surface area contributed by atoms with Crippen LogP contribution in [0.15, 0.2) is 24.3 Å². The first kappa shape index (κ1) is 29.2. The van der Waals surface area contributed by atoms with Gasteiger partial charge < -0.3 is 25.2 Å². The molecule has 0 atom stereocenters. The molecule has 7 heteroatoms. The third-order valence-corrected chi connectivity index (χ3v) is 4.67. The molecule has 1 heterocycles. The molecule has 0 amide bonds. The van der Waals surface area contributed by atoms with Crippen molar-refractivity contribution in [2.24, 2.45) is 0 Å². The fraction of sp³-hybridized carbons (Fsp3) is 0.667. The first-order valence-electron chi connectivity index (χ1n) is 11.4. The normalized spacial score (nSPS) is 12.1. The van der Waals surface area contributed by atoms with Gasteiger partial charge in [-0.1, -0.05) is 83.8 Å². The lowest BCUT2D eigenvalue weighted by molar-refractivity contribution is -0.0469. The summed E-state index contributed by atoms with van der Waals surface area (Å²) >= 11 is 0. The van der Waals surface area contributed by atoms with Crippen LogP contribution in [-0.4, -0.2) is 44.9 Å². The first-order valence-corrected chi connectivity index (χ1v) is 11.4. The predicted molar refractivity (Wildman–Crippen MR) is 119 cm³/mol. The van der Waals surface area contributed by atoms with E-state index in [0.717, 1.165) is 19.3 Å². The van der Waals surface area contributed by atoms with E-state index in [4.69, 9.17) is 20.4 Å². The van der Waals surface area contributed by atoms with Crippen LogP contribution in [0.1, 0.15) is 112 Å². The van der Waals surface area contributed by atoms with Crippen molar-refractivity contribution >= 4 is 11.9 Å². The molecule has 178 valence electrons. The van der Waals surface area contributed by atoms with Crippen LogP contribution < -0.4 is 0 Å². The molecule has 0 aromatic heterocycles. The van der Waals surface area contributed by atoms with E-state index in [9.17, 15) is 9.59 Å². The predicted octanol–water partition coefficient (Wildman–Crippen LogP) is 4.31. The van der Waals surface area contributed by atoms with E-state index in [1.807, 2.05) is 6.92 Å². The van der Waals surface area contributed by atoms with E-state index in [1.165, 1.54) is 44.9 Å². The molecule has 1 aliphatic heterocycles. The van der Waals surface area contributed by atoms with E-state index in [1.54, 1.807) is 24.3 Å². The highest BCUT2D eigenvalue weighted by molar-refractivity contribution is 6.14. The fourth-order valence-electron chi connectivity index (χ4n) is 2.93. The number of cyclic esters (lactones) is 2. The van der Waals surface area contributed by atoms with Gasteiger partial charge in [-0.05, 0) is 31.4 Å². The number of rotatable bonds is 12. The Kier molecular flexibility index (Phi) is 17.8. The number of carbonyl (C=O) groups is 2. The van der Waals surface area contributed by atoms with E-state index in [0.29, 0.717) is 24.0 Å². The smallest absolute Gasteiger partial charge is 0.346 e. The molecule has 7 nitrogen and oxygen atoms in total. The van der Waals surface area contributed by atoms with Crippen molar-refractivity contribution < 1.29 is 34.8 Å². The number of esters is 2. The zero-order chi connectivity index (χ0) is 23.5. The number of carbonyl (C=O) groups excluding carboxylic acids is 2. The molecule has 0 saturated heterocycles. The zero-order valence-corrected chi connectivity index (χ0v) is 19.0. The lowest BCUT2D eigenvalue weighted by atomic mass is 10.1. The third kappa shape index (κ3) is 15.6. The largest absolute Gasteiger partial charge is 0.386 e. The minimum Gasteiger partial charge on any atom is -0.386 e. The van der Waals surface area contributed by atoms with Crippen molar-refractivity contribution in [1.29, 1.82) is 0 Å². The highest BCUT2D eigenvalue weighted by Crippen LogP contribution is 2.18. The highest BCUT2D eigenvalue weighted by atomic mass is 16.6. The number of hydrogen-bond acceptors (Lipinski definition) is 7. The van der Waals surface area contributed by atoms with Gasteiger partial charge in [0.1, 0.15) is 0 Å². The van der Waals surface area contributed by atoms with E-state index in [2.05, 4.69) is 11.7 Å². The van der Waals surface area contributed by atoms with Crippen molar-refractivity contribution in [2.75, 3.05) is 0 Å². The summed E-state index contributed by atoms with van der Waals surface area (Å²) in [4.78, 5) is 21.7. The number of aliphatic hydroxyl groups excluding tert-OH is 2. The maximum absolute atomic E-state index is 10.8.